The van der Waals surface area contributed by atoms with Crippen LogP contribution in [-0.2, 0) is 10.0 Å². The molecule has 1 aliphatic carbocycles. The van der Waals surface area contributed by atoms with E-state index in [0.29, 0.717) is 30.7 Å². The maximum Gasteiger partial charge on any atom is 0.317 e. The summed E-state index contributed by atoms with van der Waals surface area (Å²) in [6.45, 7) is 3.65. The zero-order chi connectivity index (χ0) is 17.0. The van der Waals surface area contributed by atoms with Crippen molar-refractivity contribution in [2.45, 2.75) is 18.2 Å². The number of carbonyl (C=O) groups is 1. The van der Waals surface area contributed by atoms with Crippen LogP contribution in [0.5, 0.6) is 5.75 Å². The highest BCUT2D eigenvalue weighted by atomic mass is 32.2. The molecule has 0 unspecified atom stereocenters. The van der Waals surface area contributed by atoms with Gasteiger partial charge in [0.25, 0.3) is 0 Å². The summed E-state index contributed by atoms with van der Waals surface area (Å²) in [6.07, 6.45) is 1.18. The fraction of sp³-hybridized carbons (Fsp3) is 0.533. The fourth-order valence-electron chi connectivity index (χ4n) is 2.16. The van der Waals surface area contributed by atoms with Crippen LogP contribution in [0.3, 0.4) is 0 Å². The number of hydrogen-bond acceptors (Lipinski definition) is 4. The third-order valence-corrected chi connectivity index (χ3v) is 4.92. The van der Waals surface area contributed by atoms with E-state index in [9.17, 15) is 13.2 Å². The minimum atomic E-state index is -3.69. The molecule has 0 aromatic heterocycles. The van der Waals surface area contributed by atoms with Crippen molar-refractivity contribution in [3.8, 4) is 5.75 Å². The number of hydrogen-bond donors (Lipinski definition) is 2. The van der Waals surface area contributed by atoms with E-state index in [-0.39, 0.29) is 10.9 Å². The Kier molecular flexibility index (Phi) is 5.48. The first-order valence-corrected chi connectivity index (χ1v) is 9.06. The van der Waals surface area contributed by atoms with Crippen molar-refractivity contribution in [2.75, 3.05) is 26.7 Å². The molecule has 1 aromatic carbocycles. The van der Waals surface area contributed by atoms with Gasteiger partial charge in [0.1, 0.15) is 12.4 Å². The Hall–Kier alpha value is -1.80. The van der Waals surface area contributed by atoms with Crippen LogP contribution in [0.1, 0.15) is 13.3 Å². The van der Waals surface area contributed by atoms with Crippen molar-refractivity contribution < 1.29 is 17.9 Å². The quantitative estimate of drug-likeness (QED) is 0.772. The van der Waals surface area contributed by atoms with Gasteiger partial charge in [0.2, 0.25) is 10.0 Å². The second kappa shape index (κ2) is 7.18. The predicted molar refractivity (Wildman–Crippen MR) is 86.6 cm³/mol. The summed E-state index contributed by atoms with van der Waals surface area (Å²) in [5.41, 5.74) is 0. The zero-order valence-corrected chi connectivity index (χ0v) is 14.2. The Balaban J connectivity index is 1.70. The van der Waals surface area contributed by atoms with Crippen molar-refractivity contribution >= 4 is 16.1 Å². The second-order valence-electron chi connectivity index (χ2n) is 5.95. The summed E-state index contributed by atoms with van der Waals surface area (Å²) < 4.78 is 27.8. The van der Waals surface area contributed by atoms with Gasteiger partial charge in [-0.15, -0.1) is 0 Å². The van der Waals surface area contributed by atoms with Gasteiger partial charge >= 0.3 is 6.03 Å². The van der Waals surface area contributed by atoms with Gasteiger partial charge in [-0.2, -0.15) is 0 Å². The van der Waals surface area contributed by atoms with Gasteiger partial charge in [-0.05, 0) is 42.5 Å². The predicted octanol–water partition coefficient (Wildman–Crippen LogP) is 1.01. The molecule has 23 heavy (non-hydrogen) atoms. The van der Waals surface area contributed by atoms with E-state index in [0.717, 1.165) is 6.54 Å². The Morgan fingerprint density at radius 2 is 2.00 bits per heavy atom. The summed E-state index contributed by atoms with van der Waals surface area (Å²) in [5.74, 6) is 1.85. The third-order valence-electron chi connectivity index (χ3n) is 3.99. The molecule has 8 heteroatoms. The zero-order valence-electron chi connectivity index (χ0n) is 13.4. The normalized spacial score (nSPS) is 20.0. The van der Waals surface area contributed by atoms with Crippen LogP contribution in [0.15, 0.2) is 29.2 Å². The number of rotatable bonds is 7. The summed E-state index contributed by atoms with van der Waals surface area (Å²) in [4.78, 5) is 13.5. The van der Waals surface area contributed by atoms with E-state index in [4.69, 9.17) is 9.88 Å². The first-order chi connectivity index (χ1) is 10.8. The van der Waals surface area contributed by atoms with Crippen molar-refractivity contribution in [3.63, 3.8) is 0 Å². The molecule has 0 spiro atoms. The van der Waals surface area contributed by atoms with Crippen molar-refractivity contribution in [1.29, 1.82) is 0 Å². The van der Waals surface area contributed by atoms with Gasteiger partial charge in [-0.1, -0.05) is 6.92 Å². The maximum absolute atomic E-state index is 11.9. The third kappa shape index (κ3) is 5.40. The highest BCUT2D eigenvalue weighted by Gasteiger charge is 2.32. The van der Waals surface area contributed by atoms with E-state index < -0.39 is 10.0 Å². The van der Waals surface area contributed by atoms with Crippen LogP contribution in [-0.4, -0.2) is 46.1 Å². The molecule has 1 aromatic rings. The molecule has 0 aliphatic heterocycles. The Labute approximate surface area is 136 Å². The Bertz CT molecular complexity index is 645. The van der Waals surface area contributed by atoms with Gasteiger partial charge in [0.15, 0.2) is 0 Å². The fourth-order valence-corrected chi connectivity index (χ4v) is 2.68. The van der Waals surface area contributed by atoms with Crippen LogP contribution < -0.4 is 15.2 Å². The number of nitrogens with one attached hydrogen (secondary N) is 1. The number of nitrogens with two attached hydrogens (primary N) is 1. The van der Waals surface area contributed by atoms with E-state index >= 15 is 0 Å². The van der Waals surface area contributed by atoms with E-state index in [2.05, 4.69) is 12.2 Å². The van der Waals surface area contributed by atoms with Crippen molar-refractivity contribution in [2.24, 2.45) is 17.0 Å². The van der Waals surface area contributed by atoms with E-state index in [1.54, 1.807) is 11.9 Å². The molecule has 1 saturated carbocycles. The van der Waals surface area contributed by atoms with Gasteiger partial charge < -0.3 is 15.0 Å². The molecule has 0 heterocycles. The largest absolute Gasteiger partial charge is 0.492 e. The van der Waals surface area contributed by atoms with Gasteiger partial charge in [-0.3, -0.25) is 0 Å². The Morgan fingerprint density at radius 3 is 2.52 bits per heavy atom. The van der Waals surface area contributed by atoms with E-state index in [1.807, 2.05) is 0 Å². The molecular weight excluding hydrogens is 318 g/mol. The smallest absolute Gasteiger partial charge is 0.317 e. The lowest BCUT2D eigenvalue weighted by molar-refractivity contribution is 0.195. The first-order valence-electron chi connectivity index (χ1n) is 7.52. The van der Waals surface area contributed by atoms with Crippen molar-refractivity contribution in [1.82, 2.24) is 10.2 Å². The molecule has 0 saturated heterocycles. The monoisotopic (exact) mass is 341 g/mol. The number of likely N-dealkylation sites (N-methyl/N-ethyl adjacent to an activating group) is 1. The summed E-state index contributed by atoms with van der Waals surface area (Å²) >= 11 is 0. The number of sulfonamides is 1. The average Bonchev–Trinajstić information content (AvgIpc) is 3.20. The molecule has 1 aliphatic rings. The number of primary sulfonamides is 1. The number of ether oxygens (including phenoxy) is 1. The van der Waals surface area contributed by atoms with Crippen LogP contribution in [0.2, 0.25) is 0 Å². The topological polar surface area (TPSA) is 102 Å². The minimum absolute atomic E-state index is 0.0376. The molecule has 2 amide bonds. The second-order valence-corrected chi connectivity index (χ2v) is 7.51. The lowest BCUT2D eigenvalue weighted by Gasteiger charge is -2.18. The van der Waals surface area contributed by atoms with Crippen LogP contribution in [0, 0.1) is 11.8 Å². The first kappa shape index (κ1) is 17.6. The number of carbonyl (C=O) groups excluding carboxylic acids is 1. The van der Waals surface area contributed by atoms with Crippen LogP contribution in [0.25, 0.3) is 0 Å². The number of nitrogens with zero attached hydrogens (tertiary/aromatic N) is 1. The minimum Gasteiger partial charge on any atom is -0.492 e. The molecule has 7 nitrogen and oxygen atoms in total. The van der Waals surface area contributed by atoms with Gasteiger partial charge in [-0.25, -0.2) is 18.4 Å². The number of benzene rings is 1. The van der Waals surface area contributed by atoms with Crippen LogP contribution in [0.4, 0.5) is 4.79 Å². The maximum atomic E-state index is 11.9. The molecule has 1 fully saturated rings. The summed E-state index contributed by atoms with van der Waals surface area (Å²) in [7, 11) is -1.99. The SMILES string of the molecule is C[C@@H]1C[C@H]1CNC(=O)N(C)CCOc1ccc(S(N)(=O)=O)cc1. The molecule has 2 atom stereocenters. The number of amides is 2. The number of urea groups is 1. The molecule has 0 radical (unpaired) electrons. The summed E-state index contributed by atoms with van der Waals surface area (Å²) in [6, 6.07) is 5.73. The Morgan fingerprint density at radius 1 is 1.39 bits per heavy atom. The van der Waals surface area contributed by atoms with Crippen molar-refractivity contribution in [3.05, 3.63) is 24.3 Å². The average molecular weight is 341 g/mol. The summed E-state index contributed by atoms with van der Waals surface area (Å²) in [5, 5.41) is 7.92. The lowest BCUT2D eigenvalue weighted by Crippen LogP contribution is -2.40. The lowest BCUT2D eigenvalue weighted by atomic mass is 10.3. The van der Waals surface area contributed by atoms with Crippen LogP contribution >= 0.6 is 0 Å². The highest BCUT2D eigenvalue weighted by molar-refractivity contribution is 7.89. The molecule has 128 valence electrons. The molecule has 3 N–H and O–H groups in total. The molecule has 2 rings (SSSR count). The molecular formula is C15H23N3O4S. The highest BCUT2D eigenvalue weighted by Crippen LogP contribution is 2.36. The van der Waals surface area contributed by atoms with E-state index in [1.165, 1.54) is 30.7 Å². The standard InChI is InChI=1S/C15H23N3O4S/c1-11-9-12(11)10-17-15(19)18(2)7-8-22-13-3-5-14(6-4-13)23(16,20)21/h3-6,11-12H,7-10H2,1-2H3,(H,17,19)(H2,16,20,21)/t11-,12+/m1/s1. The van der Waals surface area contributed by atoms with Gasteiger partial charge in [0, 0.05) is 13.6 Å². The molecule has 0 bridgehead atoms. The van der Waals surface area contributed by atoms with Gasteiger partial charge in [0.05, 0.1) is 11.4 Å².